The molecule has 0 saturated heterocycles. The van der Waals surface area contributed by atoms with Crippen molar-refractivity contribution in [3.63, 3.8) is 0 Å². The van der Waals surface area contributed by atoms with E-state index in [1.54, 1.807) is 0 Å². The highest BCUT2D eigenvalue weighted by atomic mass is 79.9. The van der Waals surface area contributed by atoms with Crippen LogP contribution in [0.4, 0.5) is 8.78 Å². The average molecular weight is 253 g/mol. The van der Waals surface area contributed by atoms with Crippen molar-refractivity contribution in [3.05, 3.63) is 22.7 Å². The number of aromatic nitrogens is 2. The lowest BCUT2D eigenvalue weighted by molar-refractivity contribution is -0.112. The fourth-order valence-corrected chi connectivity index (χ4v) is 0.876. The zero-order valence-corrected chi connectivity index (χ0v) is 8.29. The van der Waals surface area contributed by atoms with Gasteiger partial charge in [0, 0.05) is 12.4 Å². The maximum absolute atomic E-state index is 13.0. The largest absolute Gasteiger partial charge is 0.387 e. The van der Waals surface area contributed by atoms with Gasteiger partial charge in [-0.15, -0.1) is 0 Å². The highest BCUT2D eigenvalue weighted by Gasteiger charge is 2.40. The van der Waals surface area contributed by atoms with Crippen LogP contribution in [0.15, 0.2) is 16.9 Å². The predicted molar refractivity (Wildman–Crippen MR) is 45.3 cm³/mol. The molecule has 1 unspecified atom stereocenters. The monoisotopic (exact) mass is 252 g/mol. The third kappa shape index (κ3) is 2.19. The second-order valence-electron chi connectivity index (χ2n) is 2.52. The molecule has 13 heavy (non-hydrogen) atoms. The summed E-state index contributed by atoms with van der Waals surface area (Å²) in [5.41, 5.74) is 0. The molecule has 0 aliphatic rings. The Kier molecular flexibility index (Phi) is 2.92. The Morgan fingerprint density at radius 3 is 2.31 bits per heavy atom. The minimum atomic E-state index is -3.40. The van der Waals surface area contributed by atoms with E-state index in [9.17, 15) is 8.78 Å². The van der Waals surface area contributed by atoms with E-state index in [0.29, 0.717) is 4.47 Å². The zero-order chi connectivity index (χ0) is 10.1. The Labute approximate surface area is 82.0 Å². The minimum absolute atomic E-state index is 0.512. The number of aliphatic hydroxyl groups is 1. The molecule has 0 saturated carbocycles. The van der Waals surface area contributed by atoms with Crippen LogP contribution in [-0.4, -0.2) is 21.2 Å². The van der Waals surface area contributed by atoms with Crippen LogP contribution in [0, 0.1) is 0 Å². The van der Waals surface area contributed by atoms with Crippen LogP contribution in [0.2, 0.25) is 0 Å². The molecule has 3 nitrogen and oxygen atoms in total. The molecule has 0 bridgehead atoms. The molecule has 6 heteroatoms. The van der Waals surface area contributed by atoms with Gasteiger partial charge in [-0.1, -0.05) is 0 Å². The summed E-state index contributed by atoms with van der Waals surface area (Å²) >= 11 is 3.02. The van der Waals surface area contributed by atoms with E-state index in [-0.39, 0.29) is 0 Å². The van der Waals surface area contributed by atoms with Crippen molar-refractivity contribution >= 4 is 15.9 Å². The molecule has 1 aromatic rings. The van der Waals surface area contributed by atoms with Crippen LogP contribution in [0.25, 0.3) is 0 Å². The number of hydrogen-bond acceptors (Lipinski definition) is 3. The lowest BCUT2D eigenvalue weighted by Crippen LogP contribution is -2.30. The van der Waals surface area contributed by atoms with Crippen LogP contribution in [0.5, 0.6) is 0 Å². The van der Waals surface area contributed by atoms with Gasteiger partial charge in [0.15, 0.2) is 0 Å². The highest BCUT2D eigenvalue weighted by molar-refractivity contribution is 9.10. The first-order valence-electron chi connectivity index (χ1n) is 3.48. The van der Waals surface area contributed by atoms with Gasteiger partial charge >= 0.3 is 5.92 Å². The maximum Gasteiger partial charge on any atom is 0.331 e. The summed E-state index contributed by atoms with van der Waals surface area (Å²) < 4.78 is 26.6. The maximum atomic E-state index is 13.0. The number of hydrogen-bond donors (Lipinski definition) is 1. The van der Waals surface area contributed by atoms with E-state index in [1.807, 2.05) is 0 Å². The second kappa shape index (κ2) is 3.63. The summed E-state index contributed by atoms with van der Waals surface area (Å²) in [5.74, 6) is -4.08. The van der Waals surface area contributed by atoms with E-state index in [0.717, 1.165) is 6.92 Å². The average Bonchev–Trinajstić information content (AvgIpc) is 2.04. The number of nitrogens with zero attached hydrogens (tertiary/aromatic N) is 2. The lowest BCUT2D eigenvalue weighted by Gasteiger charge is -2.16. The van der Waals surface area contributed by atoms with Gasteiger partial charge < -0.3 is 5.11 Å². The van der Waals surface area contributed by atoms with Crippen molar-refractivity contribution in [2.75, 3.05) is 0 Å². The normalized spacial score (nSPS) is 14.2. The van der Waals surface area contributed by atoms with Crippen molar-refractivity contribution < 1.29 is 13.9 Å². The van der Waals surface area contributed by atoms with Crippen molar-refractivity contribution in [1.29, 1.82) is 0 Å². The van der Waals surface area contributed by atoms with E-state index in [2.05, 4.69) is 25.9 Å². The lowest BCUT2D eigenvalue weighted by atomic mass is 10.2. The fraction of sp³-hybridized carbons (Fsp3) is 0.429. The summed E-state index contributed by atoms with van der Waals surface area (Å²) in [6, 6.07) is 0. The summed E-state index contributed by atoms with van der Waals surface area (Å²) in [6.07, 6.45) is 0.616. The van der Waals surface area contributed by atoms with Gasteiger partial charge in [0.2, 0.25) is 5.82 Å². The van der Waals surface area contributed by atoms with E-state index in [1.165, 1.54) is 12.4 Å². The Bertz CT molecular complexity index is 289. The zero-order valence-electron chi connectivity index (χ0n) is 6.71. The summed E-state index contributed by atoms with van der Waals surface area (Å²) in [4.78, 5) is 6.81. The first-order chi connectivity index (χ1) is 5.94. The quantitative estimate of drug-likeness (QED) is 0.872. The third-order valence-corrected chi connectivity index (χ3v) is 1.85. The smallest absolute Gasteiger partial charge is 0.331 e. The molecule has 0 amide bonds. The summed E-state index contributed by atoms with van der Waals surface area (Å²) in [6.45, 7) is 0.991. The molecule has 1 rings (SSSR count). The van der Waals surface area contributed by atoms with Crippen LogP contribution in [-0.2, 0) is 5.92 Å². The molecule has 0 aliphatic carbocycles. The van der Waals surface area contributed by atoms with Gasteiger partial charge in [0.25, 0.3) is 0 Å². The Hall–Kier alpha value is -0.620. The SMILES string of the molecule is CC(O)C(F)(F)c1ncc(Br)cn1. The topological polar surface area (TPSA) is 46.0 Å². The first-order valence-corrected chi connectivity index (χ1v) is 4.28. The second-order valence-corrected chi connectivity index (χ2v) is 3.44. The van der Waals surface area contributed by atoms with Crippen molar-refractivity contribution in [1.82, 2.24) is 9.97 Å². The van der Waals surface area contributed by atoms with E-state index >= 15 is 0 Å². The number of alkyl halides is 2. The number of halogens is 3. The van der Waals surface area contributed by atoms with Gasteiger partial charge in [-0.25, -0.2) is 9.97 Å². The number of aliphatic hydroxyl groups excluding tert-OH is 1. The highest BCUT2D eigenvalue weighted by Crippen LogP contribution is 2.28. The Balaban J connectivity index is 3.01. The molecule has 1 atom stereocenters. The standard InChI is InChI=1S/C7H7BrF2N2O/c1-4(13)7(9,10)6-11-2-5(8)3-12-6/h2-4,13H,1H3. The van der Waals surface area contributed by atoms with Crippen LogP contribution < -0.4 is 0 Å². The van der Waals surface area contributed by atoms with Gasteiger partial charge in [-0.05, 0) is 22.9 Å². The van der Waals surface area contributed by atoms with Crippen LogP contribution >= 0.6 is 15.9 Å². The number of rotatable bonds is 2. The van der Waals surface area contributed by atoms with Crippen LogP contribution in [0.3, 0.4) is 0 Å². The molecule has 0 spiro atoms. The molecule has 0 aliphatic heterocycles. The van der Waals surface area contributed by atoms with Crippen molar-refractivity contribution in [3.8, 4) is 0 Å². The van der Waals surface area contributed by atoms with Crippen molar-refractivity contribution in [2.24, 2.45) is 0 Å². The molecule has 1 aromatic heterocycles. The Morgan fingerprint density at radius 1 is 1.46 bits per heavy atom. The molecule has 0 aromatic carbocycles. The first kappa shape index (κ1) is 10.5. The minimum Gasteiger partial charge on any atom is -0.387 e. The molecule has 1 heterocycles. The predicted octanol–water partition coefficient (Wildman–Crippen LogP) is 1.71. The van der Waals surface area contributed by atoms with Crippen molar-refractivity contribution in [2.45, 2.75) is 19.0 Å². The molecule has 0 fully saturated rings. The molecule has 72 valence electrons. The summed E-state index contributed by atoms with van der Waals surface area (Å²) in [5, 5.41) is 8.76. The van der Waals surface area contributed by atoms with Gasteiger partial charge in [0.05, 0.1) is 4.47 Å². The van der Waals surface area contributed by atoms with Crippen LogP contribution in [0.1, 0.15) is 12.7 Å². The van der Waals surface area contributed by atoms with Gasteiger partial charge in [-0.2, -0.15) is 8.78 Å². The summed E-state index contributed by atoms with van der Waals surface area (Å²) in [7, 11) is 0. The molecular weight excluding hydrogens is 246 g/mol. The van der Waals surface area contributed by atoms with Gasteiger partial charge in [0.1, 0.15) is 6.10 Å². The fourth-order valence-electron chi connectivity index (χ4n) is 0.671. The molecular formula is C7H7BrF2N2O. The Morgan fingerprint density at radius 2 is 1.92 bits per heavy atom. The molecule has 1 N–H and O–H groups in total. The molecule has 0 radical (unpaired) electrons. The van der Waals surface area contributed by atoms with E-state index in [4.69, 9.17) is 5.11 Å². The van der Waals surface area contributed by atoms with Gasteiger partial charge in [-0.3, -0.25) is 0 Å². The third-order valence-electron chi connectivity index (χ3n) is 1.44. The van der Waals surface area contributed by atoms with E-state index < -0.39 is 17.9 Å².